The maximum absolute atomic E-state index is 11.7. The molecule has 4 nitrogen and oxygen atoms in total. The van der Waals surface area contributed by atoms with Crippen LogP contribution in [0.1, 0.15) is 32.8 Å². The SMILES string of the molecule is C=C(C)CCOC(=O)C=Cc1ccc(OC)c(OCC=C(C)C)c1. The van der Waals surface area contributed by atoms with Crippen LogP contribution in [0.2, 0.25) is 0 Å². The van der Waals surface area contributed by atoms with E-state index in [2.05, 4.69) is 6.58 Å². The van der Waals surface area contributed by atoms with Crippen LogP contribution in [0.5, 0.6) is 11.5 Å². The Balaban J connectivity index is 2.70. The summed E-state index contributed by atoms with van der Waals surface area (Å²) in [7, 11) is 1.59. The number of carbonyl (C=O) groups excluding carboxylic acids is 1. The minimum Gasteiger partial charge on any atom is -0.493 e. The van der Waals surface area contributed by atoms with Crippen molar-refractivity contribution < 1.29 is 19.0 Å². The molecule has 0 aromatic heterocycles. The highest BCUT2D eigenvalue weighted by Gasteiger charge is 2.05. The quantitative estimate of drug-likeness (QED) is 0.378. The first-order valence-electron chi connectivity index (χ1n) is 7.85. The van der Waals surface area contributed by atoms with Crippen LogP contribution in [0.3, 0.4) is 0 Å². The molecular weight excluding hydrogens is 304 g/mol. The maximum Gasteiger partial charge on any atom is 0.330 e. The zero-order valence-electron chi connectivity index (χ0n) is 14.9. The van der Waals surface area contributed by atoms with E-state index < -0.39 is 0 Å². The second kappa shape index (κ2) is 10.3. The number of hydrogen-bond acceptors (Lipinski definition) is 4. The summed E-state index contributed by atoms with van der Waals surface area (Å²) in [6.07, 6.45) is 5.75. The smallest absolute Gasteiger partial charge is 0.330 e. The Hall–Kier alpha value is -2.49. The molecule has 0 aliphatic carbocycles. The van der Waals surface area contributed by atoms with Gasteiger partial charge >= 0.3 is 5.97 Å². The van der Waals surface area contributed by atoms with Gasteiger partial charge in [0.15, 0.2) is 11.5 Å². The number of ether oxygens (including phenoxy) is 3. The molecule has 0 aliphatic rings. The average Bonchev–Trinajstić information content (AvgIpc) is 2.52. The molecule has 4 heteroatoms. The van der Waals surface area contributed by atoms with E-state index in [1.807, 2.05) is 45.0 Å². The van der Waals surface area contributed by atoms with Crippen molar-refractivity contribution in [1.82, 2.24) is 0 Å². The predicted octanol–water partition coefficient (Wildman–Crippen LogP) is 4.56. The molecule has 0 spiro atoms. The molecule has 0 heterocycles. The van der Waals surface area contributed by atoms with Crippen LogP contribution < -0.4 is 9.47 Å². The molecular formula is C20H26O4. The lowest BCUT2D eigenvalue weighted by Gasteiger charge is -2.10. The van der Waals surface area contributed by atoms with Gasteiger partial charge in [0.1, 0.15) is 6.61 Å². The largest absolute Gasteiger partial charge is 0.493 e. The Morgan fingerprint density at radius 1 is 1.21 bits per heavy atom. The minimum absolute atomic E-state index is 0.345. The van der Waals surface area contributed by atoms with Crippen molar-refractivity contribution in [3.63, 3.8) is 0 Å². The highest BCUT2D eigenvalue weighted by Crippen LogP contribution is 2.28. The van der Waals surface area contributed by atoms with Gasteiger partial charge in [0.2, 0.25) is 0 Å². The van der Waals surface area contributed by atoms with Gasteiger partial charge in [0, 0.05) is 12.5 Å². The van der Waals surface area contributed by atoms with Gasteiger partial charge < -0.3 is 14.2 Å². The molecule has 0 radical (unpaired) electrons. The molecule has 1 rings (SSSR count). The number of esters is 1. The number of carbonyl (C=O) groups is 1. The molecule has 0 aliphatic heterocycles. The van der Waals surface area contributed by atoms with Crippen molar-refractivity contribution in [2.75, 3.05) is 20.3 Å². The van der Waals surface area contributed by atoms with E-state index in [1.54, 1.807) is 13.2 Å². The van der Waals surface area contributed by atoms with Crippen LogP contribution in [0, 0.1) is 0 Å². The molecule has 130 valence electrons. The Morgan fingerprint density at radius 2 is 1.96 bits per heavy atom. The molecule has 1 aromatic carbocycles. The molecule has 24 heavy (non-hydrogen) atoms. The number of methoxy groups -OCH3 is 1. The summed E-state index contributed by atoms with van der Waals surface area (Å²) >= 11 is 0. The van der Waals surface area contributed by atoms with Gasteiger partial charge in [-0.05, 0) is 50.6 Å². The first-order valence-corrected chi connectivity index (χ1v) is 7.85. The highest BCUT2D eigenvalue weighted by atomic mass is 16.5. The zero-order valence-corrected chi connectivity index (χ0v) is 14.9. The van der Waals surface area contributed by atoms with Crippen LogP contribution in [0.25, 0.3) is 6.08 Å². The molecule has 0 atom stereocenters. The third-order valence-corrected chi connectivity index (χ3v) is 3.10. The molecule has 0 bridgehead atoms. The van der Waals surface area contributed by atoms with Crippen LogP contribution >= 0.6 is 0 Å². The number of allylic oxidation sites excluding steroid dienone is 1. The monoisotopic (exact) mass is 330 g/mol. The van der Waals surface area contributed by atoms with Crippen molar-refractivity contribution in [1.29, 1.82) is 0 Å². The second-order valence-corrected chi connectivity index (χ2v) is 5.71. The molecule has 0 saturated carbocycles. The summed E-state index contributed by atoms with van der Waals surface area (Å²) in [5.74, 6) is 0.908. The first-order chi connectivity index (χ1) is 11.4. The van der Waals surface area contributed by atoms with Gasteiger partial charge in [0.05, 0.1) is 13.7 Å². The third-order valence-electron chi connectivity index (χ3n) is 3.10. The van der Waals surface area contributed by atoms with E-state index in [0.717, 1.165) is 11.1 Å². The van der Waals surface area contributed by atoms with Crippen LogP contribution in [0.4, 0.5) is 0 Å². The molecule has 1 aromatic rings. The first kappa shape index (κ1) is 19.6. The van der Waals surface area contributed by atoms with Gasteiger partial charge in [-0.1, -0.05) is 17.2 Å². The van der Waals surface area contributed by atoms with Gasteiger partial charge in [-0.25, -0.2) is 4.79 Å². The maximum atomic E-state index is 11.7. The van der Waals surface area contributed by atoms with E-state index in [9.17, 15) is 4.79 Å². The summed E-state index contributed by atoms with van der Waals surface area (Å²) in [6.45, 7) is 10.5. The van der Waals surface area contributed by atoms with Gasteiger partial charge in [-0.2, -0.15) is 0 Å². The van der Waals surface area contributed by atoms with Crippen LogP contribution in [-0.2, 0) is 9.53 Å². The number of hydrogen-bond donors (Lipinski definition) is 0. The standard InChI is InChI=1S/C20H26O4/c1-15(2)10-12-23-19-14-17(6-8-18(19)22-5)7-9-20(21)24-13-11-16(3)4/h6-10,14H,3,11-13H2,1-2,4-5H3. The average molecular weight is 330 g/mol. The van der Waals surface area contributed by atoms with E-state index in [4.69, 9.17) is 14.2 Å². The summed E-state index contributed by atoms with van der Waals surface area (Å²) in [4.78, 5) is 11.7. The van der Waals surface area contributed by atoms with E-state index >= 15 is 0 Å². The predicted molar refractivity (Wildman–Crippen MR) is 97.3 cm³/mol. The molecule has 0 amide bonds. The normalized spacial score (nSPS) is 10.3. The lowest BCUT2D eigenvalue weighted by molar-refractivity contribution is -0.137. The summed E-state index contributed by atoms with van der Waals surface area (Å²) in [5, 5.41) is 0. The van der Waals surface area contributed by atoms with Crippen LogP contribution in [0.15, 0.2) is 48.1 Å². The lowest BCUT2D eigenvalue weighted by Crippen LogP contribution is -2.02. The number of benzene rings is 1. The molecule has 0 unspecified atom stereocenters. The van der Waals surface area contributed by atoms with Crippen molar-refractivity contribution in [2.45, 2.75) is 27.2 Å². The highest BCUT2D eigenvalue weighted by molar-refractivity contribution is 5.87. The fourth-order valence-corrected chi connectivity index (χ4v) is 1.75. The van der Waals surface area contributed by atoms with Gasteiger partial charge in [-0.15, -0.1) is 6.58 Å². The lowest BCUT2D eigenvalue weighted by atomic mass is 10.2. The van der Waals surface area contributed by atoms with E-state index in [0.29, 0.717) is 31.1 Å². The molecule has 0 N–H and O–H groups in total. The third kappa shape index (κ3) is 7.68. The topological polar surface area (TPSA) is 44.8 Å². The summed E-state index contributed by atoms with van der Waals surface area (Å²) < 4.78 is 16.1. The Labute approximate surface area is 144 Å². The van der Waals surface area contributed by atoms with Crippen molar-refractivity contribution in [3.05, 3.63) is 53.6 Å². The fraction of sp³-hybridized carbons (Fsp3) is 0.350. The van der Waals surface area contributed by atoms with E-state index in [-0.39, 0.29) is 5.97 Å². The fourth-order valence-electron chi connectivity index (χ4n) is 1.75. The Kier molecular flexibility index (Phi) is 8.41. The summed E-state index contributed by atoms with van der Waals surface area (Å²) in [5.41, 5.74) is 3.00. The second-order valence-electron chi connectivity index (χ2n) is 5.71. The molecule has 0 fully saturated rings. The summed E-state index contributed by atoms with van der Waals surface area (Å²) in [6, 6.07) is 5.49. The number of rotatable bonds is 9. The van der Waals surface area contributed by atoms with Crippen LogP contribution in [-0.4, -0.2) is 26.3 Å². The Bertz CT molecular complexity index is 623. The van der Waals surface area contributed by atoms with E-state index in [1.165, 1.54) is 11.6 Å². The van der Waals surface area contributed by atoms with Gasteiger partial charge in [0.25, 0.3) is 0 Å². The Morgan fingerprint density at radius 3 is 2.58 bits per heavy atom. The van der Waals surface area contributed by atoms with Crippen molar-refractivity contribution in [2.24, 2.45) is 0 Å². The molecule has 0 saturated heterocycles. The zero-order chi connectivity index (χ0) is 17.9. The van der Waals surface area contributed by atoms with Crippen molar-refractivity contribution in [3.8, 4) is 11.5 Å². The van der Waals surface area contributed by atoms with Crippen molar-refractivity contribution >= 4 is 12.0 Å². The minimum atomic E-state index is -0.376. The van der Waals surface area contributed by atoms with Gasteiger partial charge in [-0.3, -0.25) is 0 Å².